The second-order valence-electron chi connectivity index (χ2n) is 7.21. The normalized spacial score (nSPS) is 23.5. The number of hydrogen-bond donors (Lipinski definition) is 0. The molecular formula is C19H30N2. The lowest BCUT2D eigenvalue weighted by molar-refractivity contribution is 0.0779. The van der Waals surface area contributed by atoms with E-state index in [0.717, 1.165) is 18.5 Å². The Morgan fingerprint density at radius 2 is 1.52 bits per heavy atom. The molecule has 0 atom stereocenters. The highest BCUT2D eigenvalue weighted by atomic mass is 15.2. The smallest absolute Gasteiger partial charge is 0.0233 e. The quantitative estimate of drug-likeness (QED) is 0.836. The van der Waals surface area contributed by atoms with E-state index in [-0.39, 0.29) is 0 Å². The first-order chi connectivity index (χ1) is 10.2. The van der Waals surface area contributed by atoms with Gasteiger partial charge >= 0.3 is 0 Å². The van der Waals surface area contributed by atoms with Crippen LogP contribution in [0.5, 0.6) is 0 Å². The van der Waals surface area contributed by atoms with Gasteiger partial charge in [0, 0.05) is 12.6 Å². The van der Waals surface area contributed by atoms with Crippen molar-refractivity contribution in [3.63, 3.8) is 0 Å². The minimum absolute atomic E-state index is 0.853. The Hall–Kier alpha value is -0.860. The fourth-order valence-corrected chi connectivity index (χ4v) is 3.79. The fraction of sp³-hybridized carbons (Fsp3) is 0.684. The molecular weight excluding hydrogens is 256 g/mol. The van der Waals surface area contributed by atoms with Gasteiger partial charge in [-0.3, -0.25) is 4.90 Å². The van der Waals surface area contributed by atoms with E-state index in [1.165, 1.54) is 63.0 Å². The molecule has 2 saturated heterocycles. The second-order valence-corrected chi connectivity index (χ2v) is 7.21. The van der Waals surface area contributed by atoms with Gasteiger partial charge in [0.2, 0.25) is 0 Å². The predicted molar refractivity (Wildman–Crippen MR) is 89.4 cm³/mol. The van der Waals surface area contributed by atoms with Crippen LogP contribution in [0.25, 0.3) is 0 Å². The van der Waals surface area contributed by atoms with Gasteiger partial charge in [-0.2, -0.15) is 0 Å². The van der Waals surface area contributed by atoms with Gasteiger partial charge in [-0.25, -0.2) is 0 Å². The summed E-state index contributed by atoms with van der Waals surface area (Å²) in [5.41, 5.74) is 2.82. The number of hydrogen-bond acceptors (Lipinski definition) is 2. The minimum atomic E-state index is 0.853. The molecule has 2 heteroatoms. The van der Waals surface area contributed by atoms with Crippen molar-refractivity contribution in [1.82, 2.24) is 9.80 Å². The lowest BCUT2D eigenvalue weighted by Gasteiger charge is -2.41. The van der Waals surface area contributed by atoms with Crippen LogP contribution in [-0.4, -0.2) is 42.0 Å². The van der Waals surface area contributed by atoms with Crippen molar-refractivity contribution in [3.05, 3.63) is 35.4 Å². The average Bonchev–Trinajstić information content (AvgIpc) is 2.51. The molecule has 0 amide bonds. The average molecular weight is 286 g/mol. The zero-order valence-electron chi connectivity index (χ0n) is 13.7. The van der Waals surface area contributed by atoms with Gasteiger partial charge in [0.25, 0.3) is 0 Å². The van der Waals surface area contributed by atoms with Gasteiger partial charge in [-0.1, -0.05) is 36.8 Å². The molecule has 116 valence electrons. The number of piperidine rings is 2. The van der Waals surface area contributed by atoms with Gasteiger partial charge < -0.3 is 4.90 Å². The Morgan fingerprint density at radius 1 is 0.905 bits per heavy atom. The van der Waals surface area contributed by atoms with Gasteiger partial charge in [0.05, 0.1) is 0 Å². The molecule has 0 radical (unpaired) electrons. The van der Waals surface area contributed by atoms with Crippen LogP contribution in [0, 0.1) is 12.8 Å². The number of benzene rings is 1. The highest BCUT2D eigenvalue weighted by molar-refractivity contribution is 5.21. The van der Waals surface area contributed by atoms with Gasteiger partial charge in [-0.15, -0.1) is 0 Å². The molecule has 0 aliphatic carbocycles. The molecule has 1 aromatic rings. The number of aryl methyl sites for hydroxylation is 1. The van der Waals surface area contributed by atoms with E-state index in [4.69, 9.17) is 0 Å². The van der Waals surface area contributed by atoms with Gasteiger partial charge in [0.1, 0.15) is 0 Å². The van der Waals surface area contributed by atoms with Crippen LogP contribution in [0.2, 0.25) is 0 Å². The van der Waals surface area contributed by atoms with E-state index in [9.17, 15) is 0 Å². The summed E-state index contributed by atoms with van der Waals surface area (Å²) < 4.78 is 0. The molecule has 0 bridgehead atoms. The lowest BCUT2D eigenvalue weighted by Crippen LogP contribution is -2.47. The molecule has 2 aliphatic heterocycles. The predicted octanol–water partition coefficient (Wildman–Crippen LogP) is 3.69. The topological polar surface area (TPSA) is 6.48 Å². The van der Waals surface area contributed by atoms with Gasteiger partial charge in [-0.05, 0) is 70.3 Å². The summed E-state index contributed by atoms with van der Waals surface area (Å²) in [4.78, 5) is 5.40. The molecule has 0 N–H and O–H groups in total. The van der Waals surface area contributed by atoms with Crippen molar-refractivity contribution in [2.24, 2.45) is 5.92 Å². The zero-order valence-corrected chi connectivity index (χ0v) is 13.7. The number of nitrogens with zero attached hydrogens (tertiary/aromatic N) is 2. The van der Waals surface area contributed by atoms with Crippen molar-refractivity contribution in [2.45, 2.75) is 52.1 Å². The first-order valence-corrected chi connectivity index (χ1v) is 8.72. The lowest BCUT2D eigenvalue weighted by atomic mass is 9.95. The molecule has 2 fully saturated rings. The monoisotopic (exact) mass is 286 g/mol. The van der Waals surface area contributed by atoms with Crippen molar-refractivity contribution in [1.29, 1.82) is 0 Å². The van der Waals surface area contributed by atoms with Crippen molar-refractivity contribution in [3.8, 4) is 0 Å². The summed E-state index contributed by atoms with van der Waals surface area (Å²) in [6, 6.07) is 9.89. The Labute approximate surface area is 130 Å². The van der Waals surface area contributed by atoms with Crippen LogP contribution in [0.1, 0.15) is 43.7 Å². The highest BCUT2D eigenvalue weighted by Gasteiger charge is 2.26. The van der Waals surface area contributed by atoms with Crippen LogP contribution in [-0.2, 0) is 6.54 Å². The standard InChI is InChI=1S/C19H30N2/c1-16-3-5-18(6-4-16)15-20-11-9-19(10-12-20)21-13-7-17(2)8-14-21/h3-6,17,19H,7-15H2,1-2H3. The Balaban J connectivity index is 1.45. The maximum atomic E-state index is 2.77. The Morgan fingerprint density at radius 3 is 2.14 bits per heavy atom. The summed E-state index contributed by atoms with van der Waals surface area (Å²) >= 11 is 0. The molecule has 3 rings (SSSR count). The van der Waals surface area contributed by atoms with Crippen LogP contribution >= 0.6 is 0 Å². The first kappa shape index (κ1) is 15.1. The van der Waals surface area contributed by atoms with E-state index in [0.29, 0.717) is 0 Å². The third kappa shape index (κ3) is 4.08. The summed E-state index contributed by atoms with van der Waals surface area (Å²) in [7, 11) is 0. The van der Waals surface area contributed by atoms with E-state index in [1.807, 2.05) is 0 Å². The molecule has 1 aromatic carbocycles. The van der Waals surface area contributed by atoms with Crippen LogP contribution in [0.4, 0.5) is 0 Å². The maximum Gasteiger partial charge on any atom is 0.0233 e. The summed E-state index contributed by atoms with van der Waals surface area (Å²) in [5.74, 6) is 0.947. The van der Waals surface area contributed by atoms with E-state index in [1.54, 1.807) is 0 Å². The fourth-order valence-electron chi connectivity index (χ4n) is 3.79. The molecule has 2 nitrogen and oxygen atoms in total. The van der Waals surface area contributed by atoms with Crippen molar-refractivity contribution >= 4 is 0 Å². The largest absolute Gasteiger partial charge is 0.300 e. The SMILES string of the molecule is Cc1ccc(CN2CCC(N3CCC(C)CC3)CC2)cc1. The van der Waals surface area contributed by atoms with Crippen molar-refractivity contribution < 1.29 is 0 Å². The van der Waals surface area contributed by atoms with E-state index < -0.39 is 0 Å². The number of rotatable bonds is 3. The molecule has 2 aliphatic rings. The van der Waals surface area contributed by atoms with Gasteiger partial charge in [0.15, 0.2) is 0 Å². The van der Waals surface area contributed by atoms with Crippen LogP contribution in [0.15, 0.2) is 24.3 Å². The molecule has 0 spiro atoms. The third-order valence-corrected chi connectivity index (χ3v) is 5.42. The molecule has 21 heavy (non-hydrogen) atoms. The summed E-state index contributed by atoms with van der Waals surface area (Å²) in [5, 5.41) is 0. The second kappa shape index (κ2) is 6.93. The van der Waals surface area contributed by atoms with Crippen LogP contribution in [0.3, 0.4) is 0 Å². The maximum absolute atomic E-state index is 2.77. The molecule has 0 saturated carbocycles. The molecule has 0 unspecified atom stereocenters. The molecule has 2 heterocycles. The zero-order chi connectivity index (χ0) is 14.7. The van der Waals surface area contributed by atoms with Crippen LogP contribution < -0.4 is 0 Å². The number of likely N-dealkylation sites (tertiary alicyclic amines) is 2. The first-order valence-electron chi connectivity index (χ1n) is 8.72. The Kier molecular flexibility index (Phi) is 4.97. The third-order valence-electron chi connectivity index (χ3n) is 5.42. The van der Waals surface area contributed by atoms with E-state index in [2.05, 4.69) is 47.9 Å². The van der Waals surface area contributed by atoms with Crippen molar-refractivity contribution in [2.75, 3.05) is 26.2 Å². The highest BCUT2D eigenvalue weighted by Crippen LogP contribution is 2.24. The minimum Gasteiger partial charge on any atom is -0.300 e. The van der Waals surface area contributed by atoms with E-state index >= 15 is 0 Å². The summed E-state index contributed by atoms with van der Waals surface area (Å²) in [6.07, 6.45) is 5.54. The Bertz CT molecular complexity index is 423. The summed E-state index contributed by atoms with van der Waals surface area (Å²) in [6.45, 7) is 10.9. The molecule has 0 aromatic heterocycles.